The molecule has 8 aromatic rings. The van der Waals surface area contributed by atoms with Crippen LogP contribution in [-0.2, 0) is 18.3 Å². The highest BCUT2D eigenvalue weighted by Crippen LogP contribution is 2.49. The zero-order valence-corrected chi connectivity index (χ0v) is 32.3. The number of aryl methyl sites for hydroxylation is 1. The van der Waals surface area contributed by atoms with E-state index in [1.807, 2.05) is 0 Å². The van der Waals surface area contributed by atoms with Crippen molar-refractivity contribution in [1.82, 2.24) is 4.57 Å². The molecule has 0 bridgehead atoms. The third-order valence-electron chi connectivity index (χ3n) is 12.8. The SMILES string of the molecule is CC1(C)c2ccccc2-c2ccc(CCC(Cc3ccccc3)C3C=CC(c4ccc5c(c4)c4ccccc4n5-c4ccc(-c5ccccc5)cc4)=CC3)cc21. The summed E-state index contributed by atoms with van der Waals surface area (Å²) in [6.07, 6.45) is 11.8. The van der Waals surface area contributed by atoms with Crippen molar-refractivity contribution in [3.63, 3.8) is 0 Å². The van der Waals surface area contributed by atoms with E-state index in [4.69, 9.17) is 0 Å². The van der Waals surface area contributed by atoms with Crippen molar-refractivity contribution in [1.29, 1.82) is 0 Å². The van der Waals surface area contributed by atoms with Gasteiger partial charge in [-0.3, -0.25) is 0 Å². The van der Waals surface area contributed by atoms with Crippen molar-refractivity contribution in [2.75, 3.05) is 0 Å². The number of fused-ring (bicyclic) bond motifs is 6. The summed E-state index contributed by atoms with van der Waals surface area (Å²) < 4.78 is 2.42. The van der Waals surface area contributed by atoms with E-state index in [2.05, 4.69) is 207 Å². The Morgan fingerprint density at radius 2 is 1.25 bits per heavy atom. The monoisotopic (exact) mass is 721 g/mol. The Balaban J connectivity index is 0.912. The first-order valence-electron chi connectivity index (χ1n) is 20.4. The minimum atomic E-state index is 0.0325. The molecule has 0 spiro atoms. The normalized spacial score (nSPS) is 16.1. The van der Waals surface area contributed by atoms with Crippen LogP contribution in [0.5, 0.6) is 0 Å². The summed E-state index contributed by atoms with van der Waals surface area (Å²) in [5, 5.41) is 2.58. The number of hydrogen-bond acceptors (Lipinski definition) is 0. The molecule has 1 nitrogen and oxygen atoms in total. The number of para-hydroxylation sites is 1. The summed E-state index contributed by atoms with van der Waals surface area (Å²) in [7, 11) is 0. The van der Waals surface area contributed by atoms with E-state index >= 15 is 0 Å². The van der Waals surface area contributed by atoms with Crippen molar-refractivity contribution >= 4 is 27.4 Å². The van der Waals surface area contributed by atoms with Crippen molar-refractivity contribution in [2.45, 2.75) is 44.9 Å². The maximum atomic E-state index is 2.52. The first kappa shape index (κ1) is 34.3. The van der Waals surface area contributed by atoms with Gasteiger partial charge in [-0.15, -0.1) is 0 Å². The summed E-state index contributed by atoms with van der Waals surface area (Å²) >= 11 is 0. The Bertz CT molecular complexity index is 2760. The van der Waals surface area contributed by atoms with Crippen LogP contribution in [0.15, 0.2) is 188 Å². The molecule has 10 rings (SSSR count). The van der Waals surface area contributed by atoms with Crippen LogP contribution >= 0.6 is 0 Å². The van der Waals surface area contributed by atoms with Gasteiger partial charge in [0.25, 0.3) is 0 Å². The van der Waals surface area contributed by atoms with Crippen molar-refractivity contribution in [2.24, 2.45) is 11.8 Å². The minimum absolute atomic E-state index is 0.0325. The zero-order valence-electron chi connectivity index (χ0n) is 32.3. The lowest BCUT2D eigenvalue weighted by molar-refractivity contribution is 0.367. The smallest absolute Gasteiger partial charge is 0.0541 e. The van der Waals surface area contributed by atoms with Gasteiger partial charge in [0.05, 0.1) is 11.0 Å². The highest BCUT2D eigenvalue weighted by Gasteiger charge is 2.35. The summed E-state index contributed by atoms with van der Waals surface area (Å²) in [5.41, 5.74) is 17.4. The molecule has 272 valence electrons. The molecule has 0 saturated heterocycles. The number of nitrogens with zero attached hydrogens (tertiary/aromatic N) is 1. The van der Waals surface area contributed by atoms with E-state index in [0.717, 1.165) is 25.7 Å². The van der Waals surface area contributed by atoms with Crippen LogP contribution in [0.1, 0.15) is 54.5 Å². The Morgan fingerprint density at radius 3 is 2.05 bits per heavy atom. The van der Waals surface area contributed by atoms with Crippen LogP contribution in [0.3, 0.4) is 0 Å². The van der Waals surface area contributed by atoms with Gasteiger partial charge in [-0.1, -0.05) is 172 Å². The molecule has 0 fully saturated rings. The van der Waals surface area contributed by atoms with E-state index in [1.165, 1.54) is 83.1 Å². The molecule has 2 aliphatic carbocycles. The fourth-order valence-electron chi connectivity index (χ4n) is 9.71. The highest BCUT2D eigenvalue weighted by molar-refractivity contribution is 6.10. The summed E-state index contributed by atoms with van der Waals surface area (Å²) in [4.78, 5) is 0. The second-order valence-electron chi connectivity index (χ2n) is 16.5. The van der Waals surface area contributed by atoms with Gasteiger partial charge in [-0.25, -0.2) is 0 Å². The first-order chi connectivity index (χ1) is 27.5. The van der Waals surface area contributed by atoms with Gasteiger partial charge in [0.1, 0.15) is 0 Å². The molecule has 2 aliphatic rings. The van der Waals surface area contributed by atoms with Gasteiger partial charge in [0.15, 0.2) is 0 Å². The lowest BCUT2D eigenvalue weighted by atomic mass is 9.77. The fourth-order valence-corrected chi connectivity index (χ4v) is 9.71. The topological polar surface area (TPSA) is 4.93 Å². The lowest BCUT2D eigenvalue weighted by Crippen LogP contribution is -2.18. The van der Waals surface area contributed by atoms with Crippen LogP contribution in [0.25, 0.3) is 55.3 Å². The van der Waals surface area contributed by atoms with Crippen molar-refractivity contribution in [3.8, 4) is 27.9 Å². The molecular weight excluding hydrogens is 675 g/mol. The third-order valence-corrected chi connectivity index (χ3v) is 12.8. The first-order valence-corrected chi connectivity index (χ1v) is 20.4. The molecule has 1 heteroatoms. The van der Waals surface area contributed by atoms with Crippen LogP contribution in [0.2, 0.25) is 0 Å². The quantitative estimate of drug-likeness (QED) is 0.140. The van der Waals surface area contributed by atoms with E-state index in [-0.39, 0.29) is 5.41 Å². The average Bonchev–Trinajstić information content (AvgIpc) is 3.71. The Hall–Kier alpha value is -6.18. The molecule has 1 heterocycles. The molecule has 2 unspecified atom stereocenters. The van der Waals surface area contributed by atoms with E-state index in [9.17, 15) is 0 Å². The third kappa shape index (κ3) is 6.13. The van der Waals surface area contributed by atoms with E-state index in [1.54, 1.807) is 0 Å². The van der Waals surface area contributed by atoms with Gasteiger partial charge in [0, 0.05) is 21.9 Å². The molecule has 0 saturated carbocycles. The summed E-state index contributed by atoms with van der Waals surface area (Å²) in [5.74, 6) is 1.05. The molecule has 56 heavy (non-hydrogen) atoms. The molecule has 0 aliphatic heterocycles. The Morgan fingerprint density at radius 1 is 0.571 bits per heavy atom. The zero-order chi connectivity index (χ0) is 37.6. The fraction of sp³-hybridized carbons (Fsp3) is 0.164. The predicted octanol–water partition coefficient (Wildman–Crippen LogP) is 14.2. The van der Waals surface area contributed by atoms with Gasteiger partial charge in [-0.2, -0.15) is 0 Å². The van der Waals surface area contributed by atoms with Crippen LogP contribution < -0.4 is 0 Å². The second-order valence-corrected chi connectivity index (χ2v) is 16.5. The largest absolute Gasteiger partial charge is 0.309 e. The molecular formula is C55H47N. The minimum Gasteiger partial charge on any atom is -0.309 e. The van der Waals surface area contributed by atoms with Crippen LogP contribution in [0, 0.1) is 11.8 Å². The molecule has 2 atom stereocenters. The second kappa shape index (κ2) is 14.2. The van der Waals surface area contributed by atoms with E-state index in [0.29, 0.717) is 11.8 Å². The highest BCUT2D eigenvalue weighted by atomic mass is 15.0. The van der Waals surface area contributed by atoms with Gasteiger partial charge in [-0.05, 0) is 123 Å². The van der Waals surface area contributed by atoms with E-state index < -0.39 is 0 Å². The number of rotatable bonds is 9. The lowest BCUT2D eigenvalue weighted by Gasteiger charge is -2.27. The number of benzene rings is 7. The van der Waals surface area contributed by atoms with Crippen LogP contribution in [-0.4, -0.2) is 4.57 Å². The van der Waals surface area contributed by atoms with Crippen molar-refractivity contribution in [3.05, 3.63) is 216 Å². The molecule has 7 aromatic carbocycles. The molecule has 0 N–H and O–H groups in total. The molecule has 0 amide bonds. The molecule has 0 radical (unpaired) electrons. The summed E-state index contributed by atoms with van der Waals surface area (Å²) in [6, 6.07) is 62.9. The Kier molecular flexibility index (Phi) is 8.67. The number of aromatic nitrogens is 1. The summed E-state index contributed by atoms with van der Waals surface area (Å²) in [6.45, 7) is 4.77. The average molecular weight is 722 g/mol. The predicted molar refractivity (Wildman–Crippen MR) is 237 cm³/mol. The van der Waals surface area contributed by atoms with Crippen molar-refractivity contribution < 1.29 is 0 Å². The maximum Gasteiger partial charge on any atom is 0.0541 e. The van der Waals surface area contributed by atoms with Crippen LogP contribution in [0.4, 0.5) is 0 Å². The van der Waals surface area contributed by atoms with Gasteiger partial charge >= 0.3 is 0 Å². The number of allylic oxidation sites excluding steroid dienone is 4. The standard InChI is InChI=1S/C55H47N/c1-55(2)51-19-11-9-17-47(51)48-33-22-39(36-52(48)55)21-23-44(35-38-13-5-3-6-14-38)42-24-26-43(27-25-42)45-30-34-54-50(37-45)49-18-10-12-20-53(49)56(54)46-31-28-41(29-32-46)40-15-7-4-8-16-40/h3-20,22,24,26-34,36-37,42,44H,21,23,25,35H2,1-2H3. The maximum absolute atomic E-state index is 2.52. The number of hydrogen-bond donors (Lipinski definition) is 0. The van der Waals surface area contributed by atoms with Gasteiger partial charge in [0.2, 0.25) is 0 Å². The Labute approximate surface area is 331 Å². The molecule has 1 aromatic heterocycles. The van der Waals surface area contributed by atoms with Gasteiger partial charge < -0.3 is 4.57 Å².